The van der Waals surface area contributed by atoms with Crippen LogP contribution in [-0.2, 0) is 4.79 Å². The molecule has 0 aromatic heterocycles. The molecule has 222 valence electrons. The number of anilines is 1. The highest BCUT2D eigenvalue weighted by atomic mass is 35.5. The van der Waals surface area contributed by atoms with Crippen molar-refractivity contribution >= 4 is 34.8 Å². The molecule has 0 unspecified atom stereocenters. The normalized spacial score (nSPS) is 16.9. The average Bonchev–Trinajstić information content (AvgIpc) is 3.32. The third-order valence-corrected chi connectivity index (χ3v) is 8.20. The maximum absolute atomic E-state index is 12.6. The van der Waals surface area contributed by atoms with E-state index in [0.29, 0.717) is 28.9 Å². The van der Waals surface area contributed by atoms with Crippen LogP contribution in [0.4, 0.5) is 18.9 Å². The van der Waals surface area contributed by atoms with E-state index in [1.54, 1.807) is 27.9 Å². The molecule has 3 rings (SSSR count). The smallest absolute Gasteiger partial charge is 0.417 e. The van der Waals surface area contributed by atoms with Crippen molar-refractivity contribution in [2.24, 2.45) is 5.41 Å². The second-order valence-electron chi connectivity index (χ2n) is 10.0. The first-order valence-electron chi connectivity index (χ1n) is 13.7. The molecule has 2 saturated heterocycles. The van der Waals surface area contributed by atoms with Crippen molar-refractivity contribution in [3.05, 3.63) is 45.0 Å². The zero-order valence-corrected chi connectivity index (χ0v) is 26.2. The first-order chi connectivity index (χ1) is 18.3. The Bertz CT molecular complexity index is 1010. The lowest BCUT2D eigenvalue weighted by Crippen LogP contribution is -2.44. The maximum atomic E-state index is 12.6. The highest BCUT2D eigenvalue weighted by Crippen LogP contribution is 2.43. The van der Waals surface area contributed by atoms with Crippen molar-refractivity contribution in [3.8, 4) is 5.75 Å². The first-order valence-corrected chi connectivity index (χ1v) is 14.5. The van der Waals surface area contributed by atoms with Crippen LogP contribution in [0, 0.1) is 5.41 Å². The summed E-state index contributed by atoms with van der Waals surface area (Å²) in [7, 11) is 1.65. The number of hydrogen-bond donors (Lipinski definition) is 0. The predicted molar refractivity (Wildman–Crippen MR) is 158 cm³/mol. The number of rotatable bonds is 5. The Balaban J connectivity index is 0.000000411. The molecule has 0 saturated carbocycles. The minimum atomic E-state index is -4.37. The molecule has 2 aliphatic rings. The summed E-state index contributed by atoms with van der Waals surface area (Å²) < 4.78 is 43.1. The number of methoxy groups -OCH3 is 1. The number of nitrogens with zero attached hydrogens (tertiary/aromatic N) is 2. The molecule has 9 heteroatoms. The van der Waals surface area contributed by atoms with Crippen LogP contribution in [0.3, 0.4) is 0 Å². The SMILES string of the molecule is CC.CC/C(C)=C(/C(Cl)=C(C)C)C(F)(F)F.CCC(=O)N1CCC2(CC1)CCN(c1ccc(Cl)c(OC)c1)C2. The topological polar surface area (TPSA) is 32.8 Å². The number of carbonyl (C=O) groups is 1. The number of ether oxygens (including phenoxy) is 1. The Kier molecular flexibility index (Phi) is 14.3. The number of allylic oxidation sites excluding steroid dienone is 4. The van der Waals surface area contributed by atoms with Gasteiger partial charge in [0.05, 0.1) is 22.7 Å². The van der Waals surface area contributed by atoms with E-state index in [0.717, 1.165) is 44.8 Å². The zero-order valence-electron chi connectivity index (χ0n) is 24.7. The number of hydrogen-bond acceptors (Lipinski definition) is 3. The van der Waals surface area contributed by atoms with Crippen molar-refractivity contribution in [2.45, 2.75) is 86.7 Å². The summed E-state index contributed by atoms with van der Waals surface area (Å²) in [5, 5.41) is 0.466. The molecule has 0 aliphatic carbocycles. The molecule has 0 radical (unpaired) electrons. The molecule has 1 aromatic carbocycles. The molecule has 1 amide bonds. The third-order valence-electron chi connectivity index (χ3n) is 7.32. The predicted octanol–water partition coefficient (Wildman–Crippen LogP) is 9.41. The second-order valence-corrected chi connectivity index (χ2v) is 10.8. The number of likely N-dealkylation sites (tertiary alicyclic amines) is 1. The minimum absolute atomic E-state index is 0.183. The lowest BCUT2D eigenvalue weighted by molar-refractivity contribution is -0.133. The van der Waals surface area contributed by atoms with E-state index in [1.807, 2.05) is 37.8 Å². The third kappa shape index (κ3) is 9.63. The van der Waals surface area contributed by atoms with Gasteiger partial charge in [-0.1, -0.05) is 62.0 Å². The Morgan fingerprint density at radius 1 is 1.03 bits per heavy atom. The van der Waals surface area contributed by atoms with E-state index in [4.69, 9.17) is 27.9 Å². The number of amides is 1. The Morgan fingerprint density at radius 2 is 1.59 bits per heavy atom. The molecule has 0 bridgehead atoms. The first kappa shape index (κ1) is 35.2. The van der Waals surface area contributed by atoms with Crippen LogP contribution >= 0.6 is 23.2 Å². The van der Waals surface area contributed by atoms with E-state index < -0.39 is 11.7 Å². The molecule has 0 N–H and O–H groups in total. The van der Waals surface area contributed by atoms with E-state index >= 15 is 0 Å². The second kappa shape index (κ2) is 15.8. The van der Waals surface area contributed by atoms with Gasteiger partial charge in [-0.2, -0.15) is 13.2 Å². The fraction of sp³-hybridized carbons (Fsp3) is 0.633. The van der Waals surface area contributed by atoms with Crippen LogP contribution in [0.1, 0.15) is 80.6 Å². The number of benzene rings is 1. The van der Waals surface area contributed by atoms with Crippen molar-refractivity contribution < 1.29 is 22.7 Å². The van der Waals surface area contributed by atoms with Crippen molar-refractivity contribution in [2.75, 3.05) is 38.2 Å². The van der Waals surface area contributed by atoms with Gasteiger partial charge >= 0.3 is 6.18 Å². The van der Waals surface area contributed by atoms with Gasteiger partial charge in [0.2, 0.25) is 5.91 Å². The lowest BCUT2D eigenvalue weighted by Gasteiger charge is -2.39. The standard InChI is InChI=1S/C18H25ClN2O2.C10H14ClF3.C2H6/c1-3-17(22)20-9-6-18(7-10-20)8-11-21(13-18)14-4-5-15(19)16(12-14)23-2;1-5-7(4)8(10(12,13)14)9(11)6(2)3;1-2/h4-5,12H,3,6-11,13H2,1-2H3;5H2,1-4H3;1-2H3/b;8-7-;. The number of halogens is 5. The molecular formula is C30H45Cl2F3N2O2. The van der Waals surface area contributed by atoms with Crippen molar-refractivity contribution in [3.63, 3.8) is 0 Å². The summed E-state index contributed by atoms with van der Waals surface area (Å²) in [6.45, 7) is 16.1. The summed E-state index contributed by atoms with van der Waals surface area (Å²) in [6, 6.07) is 6.00. The summed E-state index contributed by atoms with van der Waals surface area (Å²) in [4.78, 5) is 16.3. The van der Waals surface area contributed by atoms with Crippen LogP contribution in [0.5, 0.6) is 5.75 Å². The molecule has 2 aliphatic heterocycles. The maximum Gasteiger partial charge on any atom is 0.417 e. The number of carbonyl (C=O) groups excluding carboxylic acids is 1. The monoisotopic (exact) mass is 592 g/mol. The minimum Gasteiger partial charge on any atom is -0.495 e. The van der Waals surface area contributed by atoms with E-state index in [2.05, 4.69) is 11.0 Å². The molecule has 1 spiro atoms. The zero-order chi connectivity index (χ0) is 30.0. The van der Waals surface area contributed by atoms with Gasteiger partial charge in [0, 0.05) is 44.4 Å². The van der Waals surface area contributed by atoms with Gasteiger partial charge < -0.3 is 14.5 Å². The molecule has 2 heterocycles. The molecule has 1 aromatic rings. The lowest BCUT2D eigenvalue weighted by atomic mass is 9.77. The van der Waals surface area contributed by atoms with Crippen LogP contribution in [0.2, 0.25) is 5.02 Å². The summed E-state index contributed by atoms with van der Waals surface area (Å²) in [5.74, 6) is 1.02. The Labute approximate surface area is 243 Å². The van der Waals surface area contributed by atoms with Gasteiger partial charge in [-0.3, -0.25) is 4.79 Å². The fourth-order valence-electron chi connectivity index (χ4n) is 4.84. The quantitative estimate of drug-likeness (QED) is 0.319. The number of piperidine rings is 1. The van der Waals surface area contributed by atoms with Gasteiger partial charge in [0.1, 0.15) is 5.75 Å². The van der Waals surface area contributed by atoms with Crippen LogP contribution in [0.25, 0.3) is 0 Å². The van der Waals surface area contributed by atoms with Crippen molar-refractivity contribution in [1.29, 1.82) is 0 Å². The largest absolute Gasteiger partial charge is 0.495 e. The van der Waals surface area contributed by atoms with Gasteiger partial charge in [-0.25, -0.2) is 0 Å². The molecule has 4 nitrogen and oxygen atoms in total. The van der Waals surface area contributed by atoms with E-state index in [9.17, 15) is 18.0 Å². The van der Waals surface area contributed by atoms with Gasteiger partial charge in [0.25, 0.3) is 0 Å². The fourth-order valence-corrected chi connectivity index (χ4v) is 5.31. The van der Waals surface area contributed by atoms with Gasteiger partial charge in [0.15, 0.2) is 0 Å². The van der Waals surface area contributed by atoms with Gasteiger partial charge in [-0.05, 0) is 64.0 Å². The summed E-state index contributed by atoms with van der Waals surface area (Å²) in [6.07, 6.45) is 0.0164. The van der Waals surface area contributed by atoms with E-state index in [-0.39, 0.29) is 16.5 Å². The highest BCUT2D eigenvalue weighted by Gasteiger charge is 2.41. The van der Waals surface area contributed by atoms with Crippen LogP contribution in [-0.4, -0.2) is 50.3 Å². The van der Waals surface area contributed by atoms with Crippen molar-refractivity contribution in [1.82, 2.24) is 4.90 Å². The Morgan fingerprint density at radius 3 is 2.05 bits per heavy atom. The van der Waals surface area contributed by atoms with E-state index in [1.165, 1.54) is 19.0 Å². The average molecular weight is 594 g/mol. The molecule has 2 fully saturated rings. The molecule has 0 atom stereocenters. The van der Waals surface area contributed by atoms with Crippen LogP contribution in [0.15, 0.2) is 40.0 Å². The summed E-state index contributed by atoms with van der Waals surface area (Å²) in [5.41, 5.74) is 1.59. The summed E-state index contributed by atoms with van der Waals surface area (Å²) >= 11 is 11.8. The van der Waals surface area contributed by atoms with Gasteiger partial charge in [-0.15, -0.1) is 0 Å². The molecule has 39 heavy (non-hydrogen) atoms. The van der Waals surface area contributed by atoms with Crippen LogP contribution < -0.4 is 9.64 Å². The Hall–Kier alpha value is -1.86. The number of alkyl halides is 3. The molecular weight excluding hydrogens is 548 g/mol. The highest BCUT2D eigenvalue weighted by molar-refractivity contribution is 6.32.